The van der Waals surface area contributed by atoms with Crippen molar-refractivity contribution in [1.82, 2.24) is 4.98 Å². The van der Waals surface area contributed by atoms with Crippen LogP contribution in [0.3, 0.4) is 0 Å². The van der Waals surface area contributed by atoms with Crippen LogP contribution in [0.25, 0.3) is 11.3 Å². The third-order valence-electron chi connectivity index (χ3n) is 6.62. The van der Waals surface area contributed by atoms with Gasteiger partial charge in [0.1, 0.15) is 0 Å². The molecule has 1 amide bonds. The van der Waals surface area contributed by atoms with Crippen molar-refractivity contribution in [3.05, 3.63) is 39.8 Å². The maximum atomic E-state index is 13.1. The fraction of sp³-hybridized carbons (Fsp3) is 0.500. The maximum absolute atomic E-state index is 13.1. The first kappa shape index (κ1) is 16.9. The lowest BCUT2D eigenvalue weighted by atomic mass is 9.49. The first-order valence-corrected chi connectivity index (χ1v) is 10.4. The molecule has 27 heavy (non-hydrogen) atoms. The second kappa shape index (κ2) is 6.12. The van der Waals surface area contributed by atoms with Crippen molar-refractivity contribution in [3.63, 3.8) is 0 Å². The number of benzene rings is 1. The summed E-state index contributed by atoms with van der Waals surface area (Å²) in [5.41, 5.74) is 1.42. The average molecular weight is 383 g/mol. The third kappa shape index (κ3) is 2.94. The van der Waals surface area contributed by atoms with Crippen molar-refractivity contribution < 1.29 is 9.72 Å². The van der Waals surface area contributed by atoms with Crippen LogP contribution >= 0.6 is 11.3 Å². The molecule has 1 aromatic carbocycles. The van der Waals surface area contributed by atoms with E-state index in [-0.39, 0.29) is 17.0 Å². The van der Waals surface area contributed by atoms with Gasteiger partial charge in [0.2, 0.25) is 5.91 Å². The number of nitro groups is 1. The third-order valence-corrected chi connectivity index (χ3v) is 7.38. The molecule has 4 bridgehead atoms. The lowest BCUT2D eigenvalue weighted by Crippen LogP contribution is -2.51. The molecule has 4 aliphatic rings. The van der Waals surface area contributed by atoms with E-state index in [4.69, 9.17) is 0 Å². The summed E-state index contributed by atoms with van der Waals surface area (Å²) in [5, 5.41) is 16.4. The second-order valence-corrected chi connectivity index (χ2v) is 9.35. The molecule has 1 heterocycles. The lowest BCUT2D eigenvalue weighted by molar-refractivity contribution is -0.384. The number of nitro benzene ring substituents is 1. The summed E-state index contributed by atoms with van der Waals surface area (Å²) in [5.74, 6) is 2.34. The quantitative estimate of drug-likeness (QED) is 0.603. The van der Waals surface area contributed by atoms with E-state index in [1.54, 1.807) is 12.1 Å². The predicted octanol–water partition coefficient (Wildman–Crippen LogP) is 4.87. The van der Waals surface area contributed by atoms with Crippen LogP contribution in [0, 0.1) is 33.3 Å². The van der Waals surface area contributed by atoms with Gasteiger partial charge in [0.15, 0.2) is 5.13 Å². The summed E-state index contributed by atoms with van der Waals surface area (Å²) in [6, 6.07) is 6.33. The zero-order chi connectivity index (χ0) is 18.6. The first-order chi connectivity index (χ1) is 13.0. The highest BCUT2D eigenvalue weighted by Gasteiger charge is 2.54. The number of amides is 1. The minimum absolute atomic E-state index is 0.0596. The molecule has 0 saturated heterocycles. The highest BCUT2D eigenvalue weighted by Crippen LogP contribution is 2.60. The molecule has 7 heteroatoms. The summed E-state index contributed by atoms with van der Waals surface area (Å²) in [6.45, 7) is 0. The number of nitrogens with zero attached hydrogens (tertiary/aromatic N) is 2. The Morgan fingerprint density at radius 3 is 2.26 bits per heavy atom. The standard InChI is InChI=1S/C20H21N3O3S/c24-18(20-8-12-5-13(9-20)7-14(6-12)10-20)22-19-21-17(11-27-19)15-1-3-16(4-2-15)23(25)26/h1-4,11-14H,5-10H2,(H,21,22,24). The monoisotopic (exact) mass is 383 g/mol. The Morgan fingerprint density at radius 2 is 1.70 bits per heavy atom. The summed E-state index contributed by atoms with van der Waals surface area (Å²) in [7, 11) is 0. The SMILES string of the molecule is O=C(Nc1nc(-c2ccc([N+](=O)[O-])cc2)cs1)C12CC3CC(CC(C3)C1)C2. The van der Waals surface area contributed by atoms with E-state index in [9.17, 15) is 14.9 Å². The van der Waals surface area contributed by atoms with Crippen molar-refractivity contribution >= 4 is 28.1 Å². The van der Waals surface area contributed by atoms with Crippen molar-refractivity contribution in [3.8, 4) is 11.3 Å². The number of carbonyl (C=O) groups excluding carboxylic acids is 1. The van der Waals surface area contributed by atoms with Crippen LogP contribution in [0.2, 0.25) is 0 Å². The molecular formula is C20H21N3O3S. The molecule has 0 aliphatic heterocycles. The van der Waals surface area contributed by atoms with E-state index in [2.05, 4.69) is 10.3 Å². The van der Waals surface area contributed by atoms with E-state index in [0.29, 0.717) is 5.13 Å². The number of rotatable bonds is 4. The summed E-state index contributed by atoms with van der Waals surface area (Å²) in [4.78, 5) is 28.0. The normalized spacial score (nSPS) is 31.0. The van der Waals surface area contributed by atoms with E-state index in [0.717, 1.165) is 48.3 Å². The van der Waals surface area contributed by atoms with Gasteiger partial charge in [0.25, 0.3) is 5.69 Å². The van der Waals surface area contributed by atoms with Crippen molar-refractivity contribution in [2.24, 2.45) is 23.2 Å². The van der Waals surface area contributed by atoms with Gasteiger partial charge in [-0.2, -0.15) is 0 Å². The minimum atomic E-state index is -0.415. The van der Waals surface area contributed by atoms with Gasteiger partial charge < -0.3 is 5.32 Å². The van der Waals surface area contributed by atoms with Crippen molar-refractivity contribution in [2.75, 3.05) is 5.32 Å². The van der Waals surface area contributed by atoms with Crippen LogP contribution in [0.15, 0.2) is 29.6 Å². The molecule has 0 spiro atoms. The molecule has 4 saturated carbocycles. The number of anilines is 1. The number of hydrogen-bond donors (Lipinski definition) is 1. The molecule has 4 fully saturated rings. The Kier molecular flexibility index (Phi) is 3.82. The van der Waals surface area contributed by atoms with Crippen molar-refractivity contribution in [2.45, 2.75) is 38.5 Å². The molecule has 140 valence electrons. The summed E-state index contributed by atoms with van der Waals surface area (Å²) < 4.78 is 0. The molecule has 2 aromatic rings. The van der Waals surface area contributed by atoms with Gasteiger partial charge in [-0.15, -0.1) is 11.3 Å². The van der Waals surface area contributed by atoms with E-state index < -0.39 is 4.92 Å². The highest BCUT2D eigenvalue weighted by molar-refractivity contribution is 7.14. The van der Waals surface area contributed by atoms with Crippen LogP contribution < -0.4 is 5.32 Å². The topological polar surface area (TPSA) is 85.1 Å². The fourth-order valence-corrected chi connectivity index (χ4v) is 6.55. The van der Waals surface area contributed by atoms with Crippen LogP contribution in [-0.2, 0) is 4.79 Å². The summed E-state index contributed by atoms with van der Waals surface area (Å²) >= 11 is 1.41. The maximum Gasteiger partial charge on any atom is 0.269 e. The fourth-order valence-electron chi connectivity index (χ4n) is 5.84. The van der Waals surface area contributed by atoms with Gasteiger partial charge in [-0.1, -0.05) is 0 Å². The van der Waals surface area contributed by atoms with Crippen LogP contribution in [0.5, 0.6) is 0 Å². The first-order valence-electron chi connectivity index (χ1n) is 9.52. The van der Waals surface area contributed by atoms with Gasteiger partial charge in [-0.05, 0) is 68.4 Å². The molecule has 6 rings (SSSR count). The van der Waals surface area contributed by atoms with E-state index >= 15 is 0 Å². The Morgan fingerprint density at radius 1 is 1.11 bits per heavy atom. The zero-order valence-electron chi connectivity index (χ0n) is 14.9. The molecule has 4 aliphatic carbocycles. The molecule has 1 N–H and O–H groups in total. The van der Waals surface area contributed by atoms with Crippen molar-refractivity contribution in [1.29, 1.82) is 0 Å². The smallest absolute Gasteiger partial charge is 0.269 e. The molecule has 0 radical (unpaired) electrons. The van der Waals surface area contributed by atoms with Gasteiger partial charge in [0, 0.05) is 23.1 Å². The minimum Gasteiger partial charge on any atom is -0.301 e. The highest BCUT2D eigenvalue weighted by atomic mass is 32.1. The number of nitrogens with one attached hydrogen (secondary N) is 1. The van der Waals surface area contributed by atoms with Gasteiger partial charge in [-0.25, -0.2) is 4.98 Å². The van der Waals surface area contributed by atoms with Gasteiger partial charge >= 0.3 is 0 Å². The van der Waals surface area contributed by atoms with Crippen LogP contribution in [0.4, 0.5) is 10.8 Å². The lowest BCUT2D eigenvalue weighted by Gasteiger charge is -2.55. The van der Waals surface area contributed by atoms with E-state index in [1.807, 2.05) is 5.38 Å². The number of carbonyl (C=O) groups is 1. The average Bonchev–Trinajstić information content (AvgIpc) is 3.09. The van der Waals surface area contributed by atoms with Gasteiger partial charge in [0.05, 0.1) is 16.0 Å². The summed E-state index contributed by atoms with van der Waals surface area (Å²) in [6.07, 6.45) is 7.04. The largest absolute Gasteiger partial charge is 0.301 e. The predicted molar refractivity (Wildman–Crippen MR) is 103 cm³/mol. The molecule has 0 unspecified atom stereocenters. The Labute approximate surface area is 161 Å². The number of thiazole rings is 1. The zero-order valence-corrected chi connectivity index (χ0v) is 15.7. The Balaban J connectivity index is 1.32. The number of hydrogen-bond acceptors (Lipinski definition) is 5. The second-order valence-electron chi connectivity index (χ2n) is 8.49. The number of non-ortho nitro benzene ring substituents is 1. The Hall–Kier alpha value is -2.28. The molecular weight excluding hydrogens is 362 g/mol. The van der Waals surface area contributed by atoms with Gasteiger partial charge in [-0.3, -0.25) is 14.9 Å². The number of aromatic nitrogens is 1. The van der Waals surface area contributed by atoms with Crippen LogP contribution in [-0.4, -0.2) is 15.8 Å². The van der Waals surface area contributed by atoms with E-state index in [1.165, 1.54) is 42.7 Å². The molecule has 1 aromatic heterocycles. The molecule has 0 atom stereocenters. The molecule has 6 nitrogen and oxygen atoms in total. The van der Waals surface area contributed by atoms with Crippen LogP contribution in [0.1, 0.15) is 38.5 Å². The Bertz CT molecular complexity index is 870.